The summed E-state index contributed by atoms with van der Waals surface area (Å²) in [6, 6.07) is 2.91. The van der Waals surface area contributed by atoms with Crippen LogP contribution in [0.2, 0.25) is 0 Å². The first-order valence-corrected chi connectivity index (χ1v) is 4.05. The van der Waals surface area contributed by atoms with Crippen LogP contribution in [-0.2, 0) is 4.79 Å². The molecule has 0 bridgehead atoms. The second kappa shape index (κ2) is 4.06. The molecule has 0 unspecified atom stereocenters. The van der Waals surface area contributed by atoms with Gasteiger partial charge < -0.3 is 16.2 Å². The highest BCUT2D eigenvalue weighted by Gasteiger charge is 2.08. The molecule has 14 heavy (non-hydrogen) atoms. The topological polar surface area (TPSA) is 75.4 Å². The quantitative estimate of drug-likeness (QED) is 0.616. The Morgan fingerprint density at radius 2 is 2.29 bits per heavy atom. The molecule has 0 spiro atoms. The fraction of sp³-hybridized carbons (Fsp3) is 0.222. The molecule has 0 heterocycles. The molecule has 0 aliphatic heterocycles. The van der Waals surface area contributed by atoms with E-state index in [2.05, 4.69) is 5.32 Å². The Morgan fingerprint density at radius 3 is 2.79 bits per heavy atom. The summed E-state index contributed by atoms with van der Waals surface area (Å²) in [7, 11) is 0. The lowest BCUT2D eigenvalue weighted by Gasteiger charge is -2.07. The van der Waals surface area contributed by atoms with Crippen LogP contribution in [0.15, 0.2) is 18.2 Å². The van der Waals surface area contributed by atoms with Crippen molar-refractivity contribution >= 4 is 11.6 Å². The molecular formula is C9H11FN2O2. The Kier molecular flexibility index (Phi) is 3.03. The zero-order valence-corrected chi connectivity index (χ0v) is 7.62. The van der Waals surface area contributed by atoms with Crippen molar-refractivity contribution < 1.29 is 14.3 Å². The highest BCUT2D eigenvalue weighted by atomic mass is 19.1. The normalized spacial score (nSPS) is 12.2. The molecule has 0 saturated carbocycles. The second-order valence-corrected chi connectivity index (χ2v) is 2.94. The molecule has 5 heteroatoms. The van der Waals surface area contributed by atoms with Gasteiger partial charge in [-0.3, -0.25) is 4.79 Å². The smallest absolute Gasteiger partial charge is 0.241 e. The number of hydrogen-bond donors (Lipinski definition) is 3. The van der Waals surface area contributed by atoms with Gasteiger partial charge >= 0.3 is 0 Å². The van der Waals surface area contributed by atoms with Crippen LogP contribution in [0.1, 0.15) is 6.92 Å². The standard InChI is InChI=1S/C9H11FN2O2/c1-5(11)9(14)12-6-2-3-8(13)7(10)4-6/h2-5,13H,11H2,1H3,(H,12,14)/t5-/m0/s1. The largest absolute Gasteiger partial charge is 0.505 e. The van der Waals surface area contributed by atoms with Crippen molar-refractivity contribution in [1.29, 1.82) is 0 Å². The van der Waals surface area contributed by atoms with Crippen LogP contribution in [0.5, 0.6) is 5.75 Å². The van der Waals surface area contributed by atoms with Gasteiger partial charge in [-0.2, -0.15) is 0 Å². The summed E-state index contributed by atoms with van der Waals surface area (Å²) < 4.78 is 12.8. The minimum Gasteiger partial charge on any atom is -0.505 e. The van der Waals surface area contributed by atoms with Gasteiger partial charge in [0, 0.05) is 11.8 Å². The Bertz CT molecular complexity index is 353. The zero-order chi connectivity index (χ0) is 10.7. The number of benzene rings is 1. The number of hydrogen-bond acceptors (Lipinski definition) is 3. The monoisotopic (exact) mass is 198 g/mol. The first-order chi connectivity index (χ1) is 6.50. The summed E-state index contributed by atoms with van der Waals surface area (Å²) in [4.78, 5) is 11.1. The average molecular weight is 198 g/mol. The number of nitrogens with two attached hydrogens (primary N) is 1. The van der Waals surface area contributed by atoms with Crippen LogP contribution in [0.25, 0.3) is 0 Å². The molecule has 0 saturated heterocycles. The van der Waals surface area contributed by atoms with Gasteiger partial charge in [0.1, 0.15) is 0 Å². The molecule has 4 N–H and O–H groups in total. The third-order valence-electron chi connectivity index (χ3n) is 1.63. The van der Waals surface area contributed by atoms with Crippen LogP contribution in [0, 0.1) is 5.82 Å². The lowest BCUT2D eigenvalue weighted by atomic mass is 10.2. The van der Waals surface area contributed by atoms with E-state index in [1.54, 1.807) is 0 Å². The maximum absolute atomic E-state index is 12.8. The summed E-state index contributed by atoms with van der Waals surface area (Å²) in [5, 5.41) is 11.3. The molecule has 1 rings (SSSR count). The lowest BCUT2D eigenvalue weighted by molar-refractivity contribution is -0.117. The number of nitrogens with one attached hydrogen (secondary N) is 1. The fourth-order valence-electron chi connectivity index (χ4n) is 0.841. The molecule has 1 aromatic rings. The van der Waals surface area contributed by atoms with Gasteiger partial charge in [0.15, 0.2) is 11.6 Å². The summed E-state index contributed by atoms with van der Waals surface area (Å²) >= 11 is 0. The molecule has 1 amide bonds. The van der Waals surface area contributed by atoms with E-state index in [0.29, 0.717) is 0 Å². The van der Waals surface area contributed by atoms with E-state index < -0.39 is 23.5 Å². The van der Waals surface area contributed by atoms with Crippen molar-refractivity contribution in [3.8, 4) is 5.75 Å². The number of carbonyl (C=O) groups excluding carboxylic acids is 1. The van der Waals surface area contributed by atoms with Gasteiger partial charge in [-0.15, -0.1) is 0 Å². The highest BCUT2D eigenvalue weighted by molar-refractivity contribution is 5.94. The molecular weight excluding hydrogens is 187 g/mol. The van der Waals surface area contributed by atoms with E-state index in [4.69, 9.17) is 10.8 Å². The Labute approximate surface area is 80.5 Å². The number of phenolic OH excluding ortho intramolecular Hbond substituents is 1. The average Bonchev–Trinajstić information content (AvgIpc) is 2.11. The molecule has 76 valence electrons. The van der Waals surface area contributed by atoms with E-state index in [1.165, 1.54) is 13.0 Å². The predicted octanol–water partition coefficient (Wildman–Crippen LogP) is 0.817. The van der Waals surface area contributed by atoms with Crippen molar-refractivity contribution in [1.82, 2.24) is 0 Å². The SMILES string of the molecule is C[C@H](N)C(=O)Nc1ccc(O)c(F)c1. The van der Waals surface area contributed by atoms with Crippen molar-refractivity contribution in [3.63, 3.8) is 0 Å². The summed E-state index contributed by atoms with van der Waals surface area (Å²) in [5.41, 5.74) is 5.56. The number of amides is 1. The lowest BCUT2D eigenvalue weighted by Crippen LogP contribution is -2.32. The number of halogens is 1. The van der Waals surface area contributed by atoms with Crippen LogP contribution < -0.4 is 11.1 Å². The van der Waals surface area contributed by atoms with Crippen LogP contribution >= 0.6 is 0 Å². The third kappa shape index (κ3) is 2.43. The fourth-order valence-corrected chi connectivity index (χ4v) is 0.841. The van der Waals surface area contributed by atoms with Gasteiger partial charge in [0.25, 0.3) is 0 Å². The van der Waals surface area contributed by atoms with Crippen LogP contribution in [0.3, 0.4) is 0 Å². The number of rotatable bonds is 2. The molecule has 4 nitrogen and oxygen atoms in total. The summed E-state index contributed by atoms with van der Waals surface area (Å²) in [6.07, 6.45) is 0. The molecule has 1 atom stereocenters. The minimum atomic E-state index is -0.785. The number of carbonyl (C=O) groups is 1. The van der Waals surface area contributed by atoms with Crippen LogP contribution in [-0.4, -0.2) is 17.1 Å². The van der Waals surface area contributed by atoms with E-state index >= 15 is 0 Å². The second-order valence-electron chi connectivity index (χ2n) is 2.94. The highest BCUT2D eigenvalue weighted by Crippen LogP contribution is 2.19. The van der Waals surface area contributed by atoms with Crippen molar-refractivity contribution in [2.24, 2.45) is 5.73 Å². The Balaban J connectivity index is 2.78. The summed E-state index contributed by atoms with van der Waals surface area (Å²) in [5.74, 6) is -1.65. The molecule has 0 radical (unpaired) electrons. The van der Waals surface area contributed by atoms with Gasteiger partial charge in [-0.25, -0.2) is 4.39 Å². The minimum absolute atomic E-state index is 0.266. The maximum atomic E-state index is 12.8. The zero-order valence-electron chi connectivity index (χ0n) is 7.62. The van der Waals surface area contributed by atoms with Crippen molar-refractivity contribution in [2.45, 2.75) is 13.0 Å². The van der Waals surface area contributed by atoms with Gasteiger partial charge in [0.05, 0.1) is 6.04 Å². The molecule has 0 fully saturated rings. The van der Waals surface area contributed by atoms with Crippen molar-refractivity contribution in [3.05, 3.63) is 24.0 Å². The van der Waals surface area contributed by atoms with Gasteiger partial charge in [0.2, 0.25) is 5.91 Å². The van der Waals surface area contributed by atoms with Gasteiger partial charge in [-0.05, 0) is 19.1 Å². The van der Waals surface area contributed by atoms with E-state index in [9.17, 15) is 9.18 Å². The number of aromatic hydroxyl groups is 1. The number of anilines is 1. The molecule has 1 aromatic carbocycles. The van der Waals surface area contributed by atoms with Crippen molar-refractivity contribution in [2.75, 3.05) is 5.32 Å². The maximum Gasteiger partial charge on any atom is 0.241 e. The van der Waals surface area contributed by atoms with E-state index in [-0.39, 0.29) is 5.69 Å². The first kappa shape index (κ1) is 10.5. The predicted molar refractivity (Wildman–Crippen MR) is 50.3 cm³/mol. The van der Waals surface area contributed by atoms with E-state index in [0.717, 1.165) is 12.1 Å². The number of phenols is 1. The van der Waals surface area contributed by atoms with Crippen LogP contribution in [0.4, 0.5) is 10.1 Å². The molecule has 0 aliphatic rings. The first-order valence-electron chi connectivity index (χ1n) is 4.05. The Hall–Kier alpha value is -1.62. The third-order valence-corrected chi connectivity index (χ3v) is 1.63. The van der Waals surface area contributed by atoms with Gasteiger partial charge in [-0.1, -0.05) is 0 Å². The Morgan fingerprint density at radius 1 is 1.64 bits per heavy atom. The summed E-state index contributed by atoms with van der Waals surface area (Å²) in [6.45, 7) is 1.52. The van der Waals surface area contributed by atoms with E-state index in [1.807, 2.05) is 0 Å². The molecule has 0 aliphatic carbocycles. The molecule has 0 aromatic heterocycles.